The minimum absolute atomic E-state index is 0.0281. The number of nitrogens with two attached hydrogens (primary N) is 13. The van der Waals surface area contributed by atoms with Crippen molar-refractivity contribution in [2.45, 2.75) is 227 Å². The lowest BCUT2D eigenvalue weighted by atomic mass is 10.0. The summed E-state index contributed by atoms with van der Waals surface area (Å²) in [7, 11) is 0. The van der Waals surface area contributed by atoms with E-state index in [0.717, 1.165) is 0 Å². The highest BCUT2D eigenvalue weighted by Crippen LogP contribution is 2.13. The number of hydrogen-bond acceptors (Lipinski definition) is 21. The van der Waals surface area contributed by atoms with Gasteiger partial charge in [0, 0.05) is 25.9 Å². The largest absolute Gasteiger partial charge is 0.480 e. The molecule has 36 N–H and O–H groups in total. The number of hydrogen-bond donors (Lipinski definition) is 23. The number of aliphatic imine (C=N–C) groups is 2. The Labute approximate surface area is 555 Å². The van der Waals surface area contributed by atoms with Gasteiger partial charge in [-0.1, -0.05) is 6.42 Å². The Morgan fingerprint density at radius 3 is 0.695 bits per heavy atom. The Kier molecular flexibility index (Phi) is 47.8. The smallest absolute Gasteiger partial charge is 0.326 e. The molecule has 0 saturated heterocycles. The van der Waals surface area contributed by atoms with Crippen molar-refractivity contribution in [2.75, 3.05) is 52.4 Å². The highest BCUT2D eigenvalue weighted by Gasteiger charge is 2.36. The molecule has 0 spiro atoms. The van der Waals surface area contributed by atoms with E-state index in [1.165, 1.54) is 0 Å². The minimum atomic E-state index is -1.61. The SMILES string of the molecule is NCCCC[C@H](NC(=O)[C@H](CCC(N)=O)NC(=O)[C@H](CCCCN)NC(=O)[C@H](CCCCN)NC(=O)[C@H](CCC(N)=O)NC(=O)[C@H](CCCCN)NC(=O)[C@H](CCCN=C(N)N)NC(=O)[C@H](CCCCN)NC(=O)[C@@H](N)CCCCN)C(=O)N[C@@H](CCCN=C(N)N)C(=O)O. The summed E-state index contributed by atoms with van der Waals surface area (Å²) >= 11 is 0. The van der Waals surface area contributed by atoms with Gasteiger partial charge in [0.15, 0.2) is 11.9 Å². The third-order valence-electron chi connectivity index (χ3n) is 15.0. The van der Waals surface area contributed by atoms with E-state index in [1.54, 1.807) is 0 Å². The fourth-order valence-electron chi connectivity index (χ4n) is 9.55. The third-order valence-corrected chi connectivity index (χ3v) is 15.0. The van der Waals surface area contributed by atoms with Crippen LogP contribution in [-0.4, -0.2) is 201 Å². The number of amides is 11. The molecule has 0 aromatic heterocycles. The van der Waals surface area contributed by atoms with Crippen molar-refractivity contribution in [3.8, 4) is 0 Å². The van der Waals surface area contributed by atoms with Crippen molar-refractivity contribution < 1.29 is 62.6 Å². The first-order valence-electron chi connectivity index (χ1n) is 32.8. The Morgan fingerprint density at radius 1 is 0.274 bits per heavy atom. The van der Waals surface area contributed by atoms with Crippen LogP contribution in [0.1, 0.15) is 167 Å². The molecule has 0 aromatic carbocycles. The van der Waals surface area contributed by atoms with Gasteiger partial charge >= 0.3 is 5.97 Å². The van der Waals surface area contributed by atoms with Gasteiger partial charge in [0.05, 0.1) is 6.04 Å². The van der Waals surface area contributed by atoms with Crippen LogP contribution in [-0.2, 0) is 57.5 Å². The summed E-state index contributed by atoms with van der Waals surface area (Å²) in [4.78, 5) is 172. The van der Waals surface area contributed by atoms with E-state index in [1.807, 2.05) is 0 Å². The molecule has 0 radical (unpaired) electrons. The van der Waals surface area contributed by atoms with Crippen LogP contribution < -0.4 is 122 Å². The van der Waals surface area contributed by atoms with Crippen LogP contribution in [0.5, 0.6) is 0 Å². The van der Waals surface area contributed by atoms with E-state index < -0.39 is 157 Å². The number of primary amides is 2. The normalized spacial score (nSPS) is 14.2. The Bertz CT molecular complexity index is 2420. The molecule has 0 saturated carbocycles. The summed E-state index contributed by atoms with van der Waals surface area (Å²) < 4.78 is 0. The van der Waals surface area contributed by atoms with Crippen molar-refractivity contribution in [1.82, 2.24) is 47.9 Å². The average molecular weight is 1360 g/mol. The molecule has 0 aliphatic heterocycles. The van der Waals surface area contributed by atoms with Crippen LogP contribution in [0.3, 0.4) is 0 Å². The number of carboxylic acid groups (broad SMARTS) is 1. The Hall–Kier alpha value is -8.10. The van der Waals surface area contributed by atoms with E-state index >= 15 is 0 Å². The standard InChI is InChI=1S/C58H114N24O13/c59-27-7-1-15-35(65)47(85)74-36(16-2-8-28-60)48(86)79-41(21-13-33-72-57(68)69)52(90)76-39(19-5-11-31-63)51(89)80-42(23-25-45(66)83)54(92)77-37(17-3-9-29-61)49(87)75-38(18-4-10-30-62)50(88)81-43(24-26-46(67)84)55(93)78-40(20-6-12-32-64)53(91)82-44(56(94)95)22-14-34-73-58(70)71/h35-44H,1-34,59-65H2,(H2,66,83)(H2,67,84)(H,74,85)(H,75,87)(H,76,90)(H,77,92)(H,78,93)(H,79,86)(H,80,89)(H,81,88)(H,82,91)(H,94,95)(H4,68,69,72)(H4,70,71,73)/t35-,36-,37-,38-,39-,40-,41-,42-,43-,44-/m0/s1. The summed E-state index contributed by atoms with van der Waals surface area (Å²) in [5.74, 6) is -11.4. The second-order valence-electron chi connectivity index (χ2n) is 23.1. The molecule has 10 atom stereocenters. The zero-order chi connectivity index (χ0) is 71.7. The molecule has 0 aliphatic carbocycles. The highest BCUT2D eigenvalue weighted by molar-refractivity contribution is 5.99. The summed E-state index contributed by atoms with van der Waals surface area (Å²) in [5, 5.41) is 33.3. The summed E-state index contributed by atoms with van der Waals surface area (Å²) in [6, 6.07) is -13.8. The van der Waals surface area contributed by atoms with E-state index in [2.05, 4.69) is 57.8 Å². The molecule has 0 heterocycles. The number of carbonyl (C=O) groups is 12. The number of guanidine groups is 2. The van der Waals surface area contributed by atoms with Crippen molar-refractivity contribution in [3.05, 3.63) is 0 Å². The number of nitrogens with one attached hydrogen (secondary N) is 9. The summed E-state index contributed by atoms with van der Waals surface area (Å²) in [5.41, 5.74) is 73.4. The number of aliphatic carboxylic acids is 1. The minimum Gasteiger partial charge on any atom is -0.480 e. The van der Waals surface area contributed by atoms with Gasteiger partial charge in [-0.15, -0.1) is 0 Å². The van der Waals surface area contributed by atoms with Crippen LogP contribution in [0.2, 0.25) is 0 Å². The maximum Gasteiger partial charge on any atom is 0.326 e. The third kappa shape index (κ3) is 40.7. The van der Waals surface area contributed by atoms with Crippen molar-refractivity contribution in [2.24, 2.45) is 84.5 Å². The first kappa shape index (κ1) is 86.9. The zero-order valence-corrected chi connectivity index (χ0v) is 55.1. The number of unbranched alkanes of at least 4 members (excludes halogenated alkanes) is 6. The zero-order valence-electron chi connectivity index (χ0n) is 55.1. The first-order chi connectivity index (χ1) is 45.2. The molecule has 0 bridgehead atoms. The van der Waals surface area contributed by atoms with Gasteiger partial charge < -0.3 is 127 Å². The molecular weight excluding hydrogens is 1240 g/mol. The molecule has 0 aliphatic rings. The first-order valence-corrected chi connectivity index (χ1v) is 32.8. The van der Waals surface area contributed by atoms with Gasteiger partial charge in [-0.3, -0.25) is 62.7 Å². The predicted octanol–water partition coefficient (Wildman–Crippen LogP) is -7.83. The van der Waals surface area contributed by atoms with Crippen LogP contribution >= 0.6 is 0 Å². The summed E-state index contributed by atoms with van der Waals surface area (Å²) in [6.45, 7) is 1.54. The monoisotopic (exact) mass is 1350 g/mol. The van der Waals surface area contributed by atoms with Crippen LogP contribution in [0.15, 0.2) is 9.98 Å². The maximum atomic E-state index is 14.5. The molecular formula is C58H114N24O13. The molecule has 0 rings (SSSR count). The van der Waals surface area contributed by atoms with Crippen molar-refractivity contribution >= 4 is 82.9 Å². The van der Waals surface area contributed by atoms with Crippen LogP contribution in [0, 0.1) is 0 Å². The van der Waals surface area contributed by atoms with E-state index in [0.29, 0.717) is 77.3 Å². The molecule has 37 nitrogen and oxygen atoms in total. The van der Waals surface area contributed by atoms with Gasteiger partial charge in [0.2, 0.25) is 65.0 Å². The summed E-state index contributed by atoms with van der Waals surface area (Å²) in [6.07, 6.45) is 3.21. The van der Waals surface area contributed by atoms with E-state index in [9.17, 15) is 62.6 Å². The molecule has 544 valence electrons. The Morgan fingerprint density at radius 2 is 0.474 bits per heavy atom. The maximum absolute atomic E-state index is 14.5. The molecule has 0 unspecified atom stereocenters. The van der Waals surface area contributed by atoms with Gasteiger partial charge in [-0.2, -0.15) is 0 Å². The molecule has 0 aromatic rings. The van der Waals surface area contributed by atoms with Crippen molar-refractivity contribution in [3.63, 3.8) is 0 Å². The second-order valence-corrected chi connectivity index (χ2v) is 23.1. The number of carboxylic acids is 1. The quantitative estimate of drug-likeness (QED) is 0.0153. The van der Waals surface area contributed by atoms with Crippen LogP contribution in [0.4, 0.5) is 0 Å². The lowest BCUT2D eigenvalue weighted by molar-refractivity contribution is -0.142. The lowest BCUT2D eigenvalue weighted by Crippen LogP contribution is -2.60. The molecule has 0 fully saturated rings. The average Bonchev–Trinajstić information content (AvgIpc) is 0.915. The lowest BCUT2D eigenvalue weighted by Gasteiger charge is -2.28. The number of carbonyl (C=O) groups excluding carboxylic acids is 11. The molecule has 95 heavy (non-hydrogen) atoms. The van der Waals surface area contributed by atoms with Crippen molar-refractivity contribution in [1.29, 1.82) is 0 Å². The van der Waals surface area contributed by atoms with Crippen LogP contribution in [0.25, 0.3) is 0 Å². The number of nitrogens with zero attached hydrogens (tertiary/aromatic N) is 2. The van der Waals surface area contributed by atoms with E-state index in [-0.39, 0.29) is 128 Å². The van der Waals surface area contributed by atoms with Gasteiger partial charge in [-0.25, -0.2) is 4.79 Å². The Balaban J connectivity index is 7.25. The van der Waals surface area contributed by atoms with Gasteiger partial charge in [-0.05, 0) is 187 Å². The molecule has 11 amide bonds. The fourth-order valence-corrected chi connectivity index (χ4v) is 9.55. The topological polar surface area (TPSA) is 696 Å². The van der Waals surface area contributed by atoms with Gasteiger partial charge in [0.1, 0.15) is 54.4 Å². The number of rotatable bonds is 57. The fraction of sp³-hybridized carbons (Fsp3) is 0.759. The van der Waals surface area contributed by atoms with E-state index in [4.69, 9.17) is 74.5 Å². The predicted molar refractivity (Wildman–Crippen MR) is 357 cm³/mol. The molecule has 37 heteroatoms. The second kappa shape index (κ2) is 52.2. The van der Waals surface area contributed by atoms with Gasteiger partial charge in [0.25, 0.3) is 0 Å². The highest BCUT2D eigenvalue weighted by atomic mass is 16.4.